The molecular weight excluding hydrogens is 312 g/mol. The molecule has 3 rings (SSSR count). The largest absolute Gasteiger partial charge is 0.503 e. The third-order valence-corrected chi connectivity index (χ3v) is 5.11. The van der Waals surface area contributed by atoms with E-state index in [0.29, 0.717) is 6.54 Å². The number of amides is 1. The minimum atomic E-state index is -1.39. The monoisotopic (exact) mass is 334 g/mol. The molecule has 130 valence electrons. The molecule has 2 aliphatic rings. The molecule has 0 bridgehead atoms. The number of carbonyl (C=O) groups excluding carboxylic acids is 1. The summed E-state index contributed by atoms with van der Waals surface area (Å²) in [6.45, 7) is 2.63. The molecule has 1 aliphatic carbocycles. The molecule has 2 unspecified atom stereocenters. The van der Waals surface area contributed by atoms with E-state index in [0.717, 1.165) is 38.5 Å². The van der Waals surface area contributed by atoms with Crippen LogP contribution >= 0.6 is 0 Å². The highest BCUT2D eigenvalue weighted by molar-refractivity contribution is 5.97. The van der Waals surface area contributed by atoms with E-state index in [1.165, 1.54) is 10.8 Å². The second-order valence-electron chi connectivity index (χ2n) is 6.55. The Morgan fingerprint density at radius 2 is 1.92 bits per heavy atom. The Kier molecular flexibility index (Phi) is 4.34. The van der Waals surface area contributed by atoms with Crippen molar-refractivity contribution in [1.82, 2.24) is 9.47 Å². The molecule has 7 nitrogen and oxygen atoms in total. The van der Waals surface area contributed by atoms with Gasteiger partial charge in [-0.05, 0) is 19.3 Å². The number of aromatic nitrogens is 1. The second kappa shape index (κ2) is 6.30. The van der Waals surface area contributed by atoms with Gasteiger partial charge in [-0.3, -0.25) is 9.59 Å². The van der Waals surface area contributed by atoms with E-state index < -0.39 is 22.7 Å². The number of rotatable bonds is 4. The third kappa shape index (κ3) is 2.48. The summed E-state index contributed by atoms with van der Waals surface area (Å²) in [5.41, 5.74) is -1.55. The number of aromatic hydroxyl groups is 1. The van der Waals surface area contributed by atoms with E-state index in [2.05, 4.69) is 0 Å². The van der Waals surface area contributed by atoms with E-state index in [1.807, 2.05) is 6.92 Å². The smallest absolute Gasteiger partial charge is 0.341 e. The highest BCUT2D eigenvalue weighted by atomic mass is 16.4. The summed E-state index contributed by atoms with van der Waals surface area (Å²) in [6, 6.07) is -0.0956. The molecule has 1 aromatic heterocycles. The van der Waals surface area contributed by atoms with Crippen LogP contribution in [0.3, 0.4) is 0 Å². The van der Waals surface area contributed by atoms with Gasteiger partial charge in [-0.25, -0.2) is 4.79 Å². The van der Waals surface area contributed by atoms with Crippen LogP contribution in [0.25, 0.3) is 0 Å². The molecular formula is C17H22N2O5. The summed E-state index contributed by atoms with van der Waals surface area (Å²) < 4.78 is 1.54. The maximum absolute atomic E-state index is 12.9. The molecule has 24 heavy (non-hydrogen) atoms. The van der Waals surface area contributed by atoms with Crippen LogP contribution in [-0.4, -0.2) is 44.1 Å². The van der Waals surface area contributed by atoms with Crippen molar-refractivity contribution in [3.8, 4) is 5.75 Å². The fourth-order valence-electron chi connectivity index (χ4n) is 3.91. The van der Waals surface area contributed by atoms with Gasteiger partial charge in [0.2, 0.25) is 5.43 Å². The van der Waals surface area contributed by atoms with E-state index in [9.17, 15) is 24.6 Å². The summed E-state index contributed by atoms with van der Waals surface area (Å²) in [4.78, 5) is 38.0. The number of carbonyl (C=O) groups is 2. The predicted molar refractivity (Wildman–Crippen MR) is 86.6 cm³/mol. The van der Waals surface area contributed by atoms with Gasteiger partial charge in [-0.1, -0.05) is 26.2 Å². The zero-order chi connectivity index (χ0) is 17.4. The zero-order valence-corrected chi connectivity index (χ0v) is 13.7. The Labute approximate surface area is 139 Å². The first-order valence-electron chi connectivity index (χ1n) is 8.49. The average molecular weight is 334 g/mol. The van der Waals surface area contributed by atoms with E-state index in [1.54, 1.807) is 4.90 Å². The van der Waals surface area contributed by atoms with Crippen LogP contribution in [-0.2, 0) is 0 Å². The van der Waals surface area contributed by atoms with Crippen LogP contribution < -0.4 is 5.43 Å². The van der Waals surface area contributed by atoms with Gasteiger partial charge >= 0.3 is 5.97 Å². The summed E-state index contributed by atoms with van der Waals surface area (Å²) in [5, 5.41) is 19.4. The Hall–Kier alpha value is -2.31. The first kappa shape index (κ1) is 16.5. The van der Waals surface area contributed by atoms with Gasteiger partial charge in [-0.15, -0.1) is 0 Å². The molecule has 1 aliphatic heterocycles. The van der Waals surface area contributed by atoms with Crippen molar-refractivity contribution in [2.75, 3.05) is 6.54 Å². The lowest BCUT2D eigenvalue weighted by Crippen LogP contribution is -2.53. The number of nitrogens with zero attached hydrogens (tertiary/aromatic N) is 2. The van der Waals surface area contributed by atoms with Gasteiger partial charge in [0.15, 0.2) is 11.4 Å². The van der Waals surface area contributed by atoms with Crippen molar-refractivity contribution in [3.63, 3.8) is 0 Å². The van der Waals surface area contributed by atoms with Crippen molar-refractivity contribution < 1.29 is 19.8 Å². The second-order valence-corrected chi connectivity index (χ2v) is 6.55. The van der Waals surface area contributed by atoms with Crippen LogP contribution in [0.15, 0.2) is 11.0 Å². The van der Waals surface area contributed by atoms with Crippen LogP contribution in [0.1, 0.15) is 72.3 Å². The van der Waals surface area contributed by atoms with E-state index in [-0.39, 0.29) is 23.7 Å². The maximum Gasteiger partial charge on any atom is 0.341 e. The van der Waals surface area contributed by atoms with Gasteiger partial charge in [0.05, 0.1) is 12.1 Å². The van der Waals surface area contributed by atoms with E-state index in [4.69, 9.17) is 0 Å². The average Bonchev–Trinajstić information content (AvgIpc) is 2.57. The summed E-state index contributed by atoms with van der Waals surface area (Å²) >= 11 is 0. The van der Waals surface area contributed by atoms with Crippen LogP contribution in [0.4, 0.5) is 0 Å². The minimum Gasteiger partial charge on any atom is -0.503 e. The molecule has 0 radical (unpaired) electrons. The lowest BCUT2D eigenvalue weighted by atomic mass is 9.86. The minimum absolute atomic E-state index is 0.00570. The van der Waals surface area contributed by atoms with Crippen molar-refractivity contribution in [2.45, 2.75) is 57.5 Å². The topological polar surface area (TPSA) is 99.8 Å². The molecule has 1 fully saturated rings. The zero-order valence-electron chi connectivity index (χ0n) is 13.7. The lowest BCUT2D eigenvalue weighted by molar-refractivity contribution is 0.0417. The third-order valence-electron chi connectivity index (χ3n) is 5.11. The van der Waals surface area contributed by atoms with Crippen LogP contribution in [0, 0.1) is 0 Å². The predicted octanol–water partition coefficient (Wildman–Crippen LogP) is 1.99. The SMILES string of the molecule is CCCCN1C(=O)c2c(O)c(=O)c(C(=O)O)cn2C2CCCCC21. The number of pyridine rings is 1. The molecule has 2 atom stereocenters. The van der Waals surface area contributed by atoms with Gasteiger partial charge < -0.3 is 19.7 Å². The Balaban J connectivity index is 2.17. The number of aromatic carboxylic acids is 1. The fraction of sp³-hybridized carbons (Fsp3) is 0.588. The summed E-state index contributed by atoms with van der Waals surface area (Å²) in [7, 11) is 0. The lowest BCUT2D eigenvalue weighted by Gasteiger charge is -2.46. The van der Waals surface area contributed by atoms with Crippen molar-refractivity contribution in [3.05, 3.63) is 27.7 Å². The van der Waals surface area contributed by atoms with Crippen LogP contribution in [0.2, 0.25) is 0 Å². The van der Waals surface area contributed by atoms with Crippen molar-refractivity contribution in [2.24, 2.45) is 0 Å². The quantitative estimate of drug-likeness (QED) is 0.877. The first-order valence-corrected chi connectivity index (χ1v) is 8.49. The number of unbranched alkanes of at least 4 members (excludes halogenated alkanes) is 1. The first-order chi connectivity index (χ1) is 11.5. The fourth-order valence-corrected chi connectivity index (χ4v) is 3.91. The van der Waals surface area contributed by atoms with Crippen molar-refractivity contribution >= 4 is 11.9 Å². The highest BCUT2D eigenvalue weighted by Crippen LogP contribution is 2.39. The molecule has 7 heteroatoms. The van der Waals surface area contributed by atoms with Gasteiger partial charge in [0.1, 0.15) is 5.56 Å². The molecule has 2 heterocycles. The highest BCUT2D eigenvalue weighted by Gasteiger charge is 2.42. The molecule has 1 saturated carbocycles. The van der Waals surface area contributed by atoms with E-state index >= 15 is 0 Å². The Morgan fingerprint density at radius 3 is 2.54 bits per heavy atom. The Bertz CT molecular complexity index is 739. The number of hydrogen-bond acceptors (Lipinski definition) is 4. The van der Waals surface area contributed by atoms with Gasteiger partial charge in [0.25, 0.3) is 5.91 Å². The standard InChI is InChI=1S/C17H22N2O5/c1-2-3-8-18-11-6-4-5-7-12(11)19-9-10(17(23)24)14(20)15(21)13(19)16(18)22/h9,11-12,21H,2-8H2,1H3,(H,23,24). The molecule has 1 amide bonds. The number of fused-ring (bicyclic) bond motifs is 3. The molecule has 0 aromatic carbocycles. The molecule has 2 N–H and O–H groups in total. The van der Waals surface area contributed by atoms with Crippen LogP contribution in [0.5, 0.6) is 5.75 Å². The maximum atomic E-state index is 12.9. The number of hydrogen-bond donors (Lipinski definition) is 2. The molecule has 1 aromatic rings. The van der Waals surface area contributed by atoms with Gasteiger partial charge in [-0.2, -0.15) is 0 Å². The van der Waals surface area contributed by atoms with Gasteiger partial charge in [0, 0.05) is 12.7 Å². The molecule has 0 saturated heterocycles. The number of carboxylic acid groups (broad SMARTS) is 1. The normalized spacial score (nSPS) is 22.9. The Morgan fingerprint density at radius 1 is 1.25 bits per heavy atom. The number of carboxylic acids is 1. The summed E-state index contributed by atoms with van der Waals surface area (Å²) in [6.07, 6.45) is 6.68. The van der Waals surface area contributed by atoms with Crippen molar-refractivity contribution in [1.29, 1.82) is 0 Å². The molecule has 0 spiro atoms. The summed E-state index contributed by atoms with van der Waals surface area (Å²) in [5.74, 6) is -2.51.